The van der Waals surface area contributed by atoms with E-state index in [1.54, 1.807) is 0 Å². The maximum Gasteiger partial charge on any atom is 0.263 e. The number of ether oxygens (including phenoxy) is 1. The van der Waals surface area contributed by atoms with Gasteiger partial charge in [0.05, 0.1) is 0 Å². The summed E-state index contributed by atoms with van der Waals surface area (Å²) in [4.78, 5) is 0. The van der Waals surface area contributed by atoms with Crippen molar-refractivity contribution in [2.24, 2.45) is 0 Å². The molecule has 3 heteroatoms. The highest BCUT2D eigenvalue weighted by Gasteiger charge is 2.53. The topological polar surface area (TPSA) is 53.0 Å². The van der Waals surface area contributed by atoms with Crippen LogP contribution in [-0.2, 0) is 4.74 Å². The second kappa shape index (κ2) is 8.37. The van der Waals surface area contributed by atoms with E-state index in [1.807, 2.05) is 19.1 Å². The highest BCUT2D eigenvalue weighted by atomic mass is 16.7. The molecule has 0 saturated carbocycles. The van der Waals surface area contributed by atoms with E-state index in [4.69, 9.17) is 4.74 Å². The fraction of sp³-hybridized carbons (Fsp3) is 0.750. The second-order valence-electron chi connectivity index (χ2n) is 5.06. The zero-order valence-corrected chi connectivity index (χ0v) is 12.1. The molecule has 1 saturated heterocycles. The SMILES string of the molecule is CCCCCCCC=CC1OC1(O)C#CC(O)CC. The molecule has 0 bridgehead atoms. The maximum atomic E-state index is 9.85. The van der Waals surface area contributed by atoms with E-state index in [2.05, 4.69) is 18.8 Å². The van der Waals surface area contributed by atoms with Crippen molar-refractivity contribution in [2.45, 2.75) is 76.8 Å². The average molecular weight is 266 g/mol. The molecule has 0 radical (unpaired) electrons. The third-order valence-corrected chi connectivity index (χ3v) is 3.22. The molecule has 19 heavy (non-hydrogen) atoms. The van der Waals surface area contributed by atoms with Crippen molar-refractivity contribution in [1.82, 2.24) is 0 Å². The van der Waals surface area contributed by atoms with E-state index < -0.39 is 11.9 Å². The Morgan fingerprint density at radius 2 is 2.00 bits per heavy atom. The van der Waals surface area contributed by atoms with Crippen molar-refractivity contribution in [3.8, 4) is 11.8 Å². The molecule has 2 N–H and O–H groups in total. The summed E-state index contributed by atoms with van der Waals surface area (Å²) in [7, 11) is 0. The Morgan fingerprint density at radius 3 is 2.68 bits per heavy atom. The van der Waals surface area contributed by atoms with Crippen molar-refractivity contribution in [2.75, 3.05) is 0 Å². The van der Waals surface area contributed by atoms with Crippen molar-refractivity contribution in [1.29, 1.82) is 0 Å². The standard InChI is InChI=1S/C16H26O3/c1-3-5-6-7-8-9-10-11-15-16(18,19-15)13-12-14(17)4-2/h10-11,14-15,17-18H,3-9H2,1-2H3. The van der Waals surface area contributed by atoms with Crippen LogP contribution in [0.3, 0.4) is 0 Å². The Labute approximate surface area is 116 Å². The van der Waals surface area contributed by atoms with Crippen molar-refractivity contribution in [3.63, 3.8) is 0 Å². The lowest BCUT2D eigenvalue weighted by Crippen LogP contribution is -2.11. The molecule has 0 aromatic heterocycles. The van der Waals surface area contributed by atoms with Gasteiger partial charge in [0.15, 0.2) is 0 Å². The van der Waals surface area contributed by atoms with Gasteiger partial charge in [-0.2, -0.15) is 0 Å². The minimum absolute atomic E-state index is 0.334. The highest BCUT2D eigenvalue weighted by molar-refractivity contribution is 5.25. The van der Waals surface area contributed by atoms with Crippen LogP contribution in [0.15, 0.2) is 12.2 Å². The Bertz CT molecular complexity index is 340. The minimum Gasteiger partial charge on any atom is -0.380 e. The predicted octanol–water partition coefficient (Wildman–Crippen LogP) is 2.76. The number of unbranched alkanes of at least 4 members (excludes halogenated alkanes) is 5. The number of rotatable bonds is 8. The molecule has 1 rings (SSSR count). The van der Waals surface area contributed by atoms with Crippen molar-refractivity contribution >= 4 is 0 Å². The summed E-state index contributed by atoms with van der Waals surface area (Å²) in [5.41, 5.74) is 0. The summed E-state index contributed by atoms with van der Waals surface area (Å²) in [6.45, 7) is 4.05. The van der Waals surface area contributed by atoms with Crippen LogP contribution in [-0.4, -0.2) is 28.2 Å². The summed E-state index contributed by atoms with van der Waals surface area (Å²) in [6.07, 6.45) is 10.8. The zero-order chi connectivity index (χ0) is 14.1. The summed E-state index contributed by atoms with van der Waals surface area (Å²) >= 11 is 0. The van der Waals surface area contributed by atoms with Crippen LogP contribution >= 0.6 is 0 Å². The quantitative estimate of drug-likeness (QED) is 0.307. The molecule has 1 aliphatic heterocycles. The molecule has 1 aliphatic rings. The number of aliphatic hydroxyl groups is 2. The molecule has 0 spiro atoms. The molecule has 3 nitrogen and oxygen atoms in total. The smallest absolute Gasteiger partial charge is 0.263 e. The van der Waals surface area contributed by atoms with Gasteiger partial charge in [-0.25, -0.2) is 0 Å². The van der Waals surface area contributed by atoms with Gasteiger partial charge in [-0.1, -0.05) is 57.6 Å². The van der Waals surface area contributed by atoms with Gasteiger partial charge in [-0.3, -0.25) is 0 Å². The van der Waals surface area contributed by atoms with Gasteiger partial charge in [-0.05, 0) is 25.2 Å². The molecule has 1 fully saturated rings. The van der Waals surface area contributed by atoms with Gasteiger partial charge < -0.3 is 14.9 Å². The van der Waals surface area contributed by atoms with Crippen LogP contribution in [0.25, 0.3) is 0 Å². The first kappa shape index (κ1) is 16.2. The van der Waals surface area contributed by atoms with Crippen LogP contribution in [0, 0.1) is 11.8 Å². The number of allylic oxidation sites excluding steroid dienone is 1. The molecule has 0 amide bonds. The summed E-state index contributed by atoms with van der Waals surface area (Å²) in [5.74, 6) is 3.80. The van der Waals surface area contributed by atoms with Crippen LogP contribution in [0.2, 0.25) is 0 Å². The lowest BCUT2D eigenvalue weighted by molar-refractivity contribution is 0.0910. The Kier molecular flexibility index (Phi) is 7.15. The summed E-state index contributed by atoms with van der Waals surface area (Å²) in [6, 6.07) is 0. The third kappa shape index (κ3) is 6.24. The molecule has 0 aromatic rings. The Morgan fingerprint density at radius 1 is 1.26 bits per heavy atom. The number of aliphatic hydroxyl groups excluding tert-OH is 1. The monoisotopic (exact) mass is 266 g/mol. The third-order valence-electron chi connectivity index (χ3n) is 3.22. The minimum atomic E-state index is -1.37. The lowest BCUT2D eigenvalue weighted by Gasteiger charge is -1.96. The summed E-state index contributed by atoms with van der Waals surface area (Å²) < 4.78 is 5.13. The number of epoxide rings is 1. The molecular weight excluding hydrogens is 240 g/mol. The van der Waals surface area contributed by atoms with Crippen LogP contribution in [0.4, 0.5) is 0 Å². The Balaban J connectivity index is 2.16. The van der Waals surface area contributed by atoms with Crippen LogP contribution in [0.5, 0.6) is 0 Å². The zero-order valence-electron chi connectivity index (χ0n) is 12.1. The molecule has 108 valence electrons. The molecule has 3 unspecified atom stereocenters. The molecule has 1 heterocycles. The second-order valence-corrected chi connectivity index (χ2v) is 5.06. The van der Waals surface area contributed by atoms with E-state index in [1.165, 1.54) is 32.1 Å². The van der Waals surface area contributed by atoms with Crippen molar-refractivity contribution < 1.29 is 14.9 Å². The van der Waals surface area contributed by atoms with Gasteiger partial charge in [0.2, 0.25) is 0 Å². The first-order valence-corrected chi connectivity index (χ1v) is 7.40. The highest BCUT2D eigenvalue weighted by Crippen LogP contribution is 2.34. The van der Waals surface area contributed by atoms with Crippen LogP contribution < -0.4 is 0 Å². The number of hydrogen-bond donors (Lipinski definition) is 2. The molecular formula is C16H26O3. The van der Waals surface area contributed by atoms with Gasteiger partial charge in [0.25, 0.3) is 5.79 Å². The first-order valence-electron chi connectivity index (χ1n) is 7.40. The first-order chi connectivity index (χ1) is 9.12. The molecule has 3 atom stereocenters. The van der Waals surface area contributed by atoms with Gasteiger partial charge in [-0.15, -0.1) is 0 Å². The maximum absolute atomic E-state index is 9.85. The molecule has 0 aliphatic carbocycles. The van der Waals surface area contributed by atoms with E-state index >= 15 is 0 Å². The average Bonchev–Trinajstić information content (AvgIpc) is 3.06. The lowest BCUT2D eigenvalue weighted by atomic mass is 10.1. The van der Waals surface area contributed by atoms with Gasteiger partial charge in [0, 0.05) is 0 Å². The summed E-state index contributed by atoms with van der Waals surface area (Å²) in [5, 5.41) is 19.1. The predicted molar refractivity (Wildman–Crippen MR) is 76.4 cm³/mol. The molecule has 0 aromatic carbocycles. The van der Waals surface area contributed by atoms with E-state index in [-0.39, 0.29) is 6.10 Å². The van der Waals surface area contributed by atoms with Gasteiger partial charge >= 0.3 is 0 Å². The van der Waals surface area contributed by atoms with Gasteiger partial charge in [0.1, 0.15) is 12.2 Å². The van der Waals surface area contributed by atoms with Crippen LogP contribution in [0.1, 0.15) is 58.8 Å². The van der Waals surface area contributed by atoms with E-state index in [0.717, 1.165) is 6.42 Å². The number of hydrogen-bond acceptors (Lipinski definition) is 3. The fourth-order valence-electron chi connectivity index (χ4n) is 1.80. The van der Waals surface area contributed by atoms with E-state index in [0.29, 0.717) is 6.42 Å². The largest absolute Gasteiger partial charge is 0.380 e. The van der Waals surface area contributed by atoms with E-state index in [9.17, 15) is 10.2 Å². The van der Waals surface area contributed by atoms with Crippen molar-refractivity contribution in [3.05, 3.63) is 12.2 Å². The fourth-order valence-corrected chi connectivity index (χ4v) is 1.80. The normalized spacial score (nSPS) is 27.1. The Hall–Kier alpha value is -0.820.